The molecule has 2 N–H and O–H groups in total. The number of rotatable bonds is 4. The fourth-order valence-electron chi connectivity index (χ4n) is 4.21. The molecular weight excluding hydrogens is 512 g/mol. The summed E-state index contributed by atoms with van der Waals surface area (Å²) in [5.74, 6) is -8.26. The van der Waals surface area contributed by atoms with Gasteiger partial charge in [-0.05, 0) is 30.3 Å². The van der Waals surface area contributed by atoms with E-state index in [1.165, 1.54) is 0 Å². The van der Waals surface area contributed by atoms with Crippen molar-refractivity contribution in [2.24, 2.45) is 10.9 Å². The van der Waals surface area contributed by atoms with E-state index in [9.17, 15) is 31.5 Å². The molecule has 3 atom stereocenters. The smallest absolute Gasteiger partial charge is 0.369 e. The van der Waals surface area contributed by atoms with E-state index in [1.807, 2.05) is 0 Å². The molecule has 1 fully saturated rings. The third-order valence-corrected chi connectivity index (χ3v) is 6.86. The quantitative estimate of drug-likeness (QED) is 0.560. The van der Waals surface area contributed by atoms with Gasteiger partial charge in [-0.3, -0.25) is 9.59 Å². The van der Waals surface area contributed by atoms with Crippen LogP contribution in [0.4, 0.5) is 32.0 Å². The Morgan fingerprint density at radius 1 is 1.08 bits per heavy atom. The maximum absolute atomic E-state index is 15.1. The van der Waals surface area contributed by atoms with Crippen LogP contribution < -0.4 is 10.6 Å². The summed E-state index contributed by atoms with van der Waals surface area (Å²) in [6.07, 6.45) is -6.87. The van der Waals surface area contributed by atoms with Crippen LogP contribution in [-0.4, -0.2) is 47.5 Å². The Hall–Kier alpha value is -3.06. The van der Waals surface area contributed by atoms with Crippen LogP contribution in [0.15, 0.2) is 53.5 Å². The number of ether oxygens (including phenoxy) is 1. The molecule has 0 bridgehead atoms. The van der Waals surface area contributed by atoms with E-state index in [4.69, 9.17) is 4.74 Å². The number of aliphatic imine (C=N–C) groups is 1. The highest BCUT2D eigenvalue weighted by Gasteiger charge is 2.60. The van der Waals surface area contributed by atoms with Crippen LogP contribution in [0.3, 0.4) is 0 Å². The maximum Gasteiger partial charge on any atom is 0.471 e. The van der Waals surface area contributed by atoms with Gasteiger partial charge in [0.2, 0.25) is 0 Å². The number of benzene rings is 2. The monoisotopic (exact) mass is 531 g/mol. The molecule has 192 valence electrons. The van der Waals surface area contributed by atoms with Crippen molar-refractivity contribution >= 4 is 34.4 Å². The van der Waals surface area contributed by atoms with Gasteiger partial charge in [0.25, 0.3) is 11.8 Å². The van der Waals surface area contributed by atoms with Crippen molar-refractivity contribution in [2.75, 3.05) is 17.7 Å². The predicted octanol–water partition coefficient (Wildman–Crippen LogP) is 4.72. The zero-order chi connectivity index (χ0) is 26.3. The molecular formula is C23H19F6N3O3S. The molecule has 0 aliphatic carbocycles. The molecule has 6 nitrogen and oxygen atoms in total. The van der Waals surface area contributed by atoms with Crippen molar-refractivity contribution < 1.29 is 40.7 Å². The predicted molar refractivity (Wildman–Crippen MR) is 120 cm³/mol. The highest BCUT2D eigenvalue weighted by molar-refractivity contribution is 8.13. The van der Waals surface area contributed by atoms with Crippen LogP contribution in [-0.2, 0) is 15.1 Å². The second kappa shape index (κ2) is 9.43. The second-order valence-corrected chi connectivity index (χ2v) is 9.42. The third kappa shape index (κ3) is 5.07. The third-order valence-electron chi connectivity index (χ3n) is 5.87. The summed E-state index contributed by atoms with van der Waals surface area (Å²) in [5.41, 5.74) is -2.25. The van der Waals surface area contributed by atoms with Gasteiger partial charge in [0.05, 0.1) is 6.61 Å². The van der Waals surface area contributed by atoms with Gasteiger partial charge in [-0.2, -0.15) is 13.2 Å². The Bertz CT molecular complexity index is 1200. The summed E-state index contributed by atoms with van der Waals surface area (Å²) in [7, 11) is 0. The largest absolute Gasteiger partial charge is 0.471 e. The molecule has 2 heterocycles. The highest BCUT2D eigenvalue weighted by atomic mass is 32.2. The van der Waals surface area contributed by atoms with Crippen molar-refractivity contribution in [1.82, 2.24) is 5.32 Å². The number of thioether (sulfide) groups is 1. The molecule has 0 radical (unpaired) electrons. The molecule has 2 aliphatic heterocycles. The molecule has 4 rings (SSSR count). The molecule has 36 heavy (non-hydrogen) atoms. The molecule has 13 heteroatoms. The standard InChI is InChI=1S/C23H19F6N3O3S/c1-21(25,26)17-15-10-36-20(31-18(33)12-5-3-2-4-6-12)32-22(15,11-35-17)14-9-13(7-8-16(14)24)30-19(34)23(27,28)29/h2-9,15,17H,10-11H2,1H3,(H,30,34)(H,31,32,33)/t15-,17+,22-/m1/s1. The van der Waals surface area contributed by atoms with Crippen LogP contribution in [0, 0.1) is 11.7 Å². The number of halogens is 6. The van der Waals surface area contributed by atoms with Crippen LogP contribution >= 0.6 is 11.8 Å². The van der Waals surface area contributed by atoms with E-state index in [-0.39, 0.29) is 16.5 Å². The molecule has 2 aliphatic rings. The first-order valence-electron chi connectivity index (χ1n) is 10.6. The Balaban J connectivity index is 1.76. The topological polar surface area (TPSA) is 79.8 Å². The van der Waals surface area contributed by atoms with Crippen molar-refractivity contribution in [3.8, 4) is 0 Å². The summed E-state index contributed by atoms with van der Waals surface area (Å²) in [6.45, 7) is 0.121. The minimum absolute atomic E-state index is 0.00732. The molecule has 2 aromatic rings. The lowest BCUT2D eigenvalue weighted by Gasteiger charge is -2.37. The van der Waals surface area contributed by atoms with Crippen molar-refractivity contribution in [3.05, 3.63) is 65.5 Å². The van der Waals surface area contributed by atoms with Gasteiger partial charge in [0.15, 0.2) is 5.17 Å². The van der Waals surface area contributed by atoms with Crippen LogP contribution in [0.1, 0.15) is 22.8 Å². The fraction of sp³-hybridized carbons (Fsp3) is 0.348. The summed E-state index contributed by atoms with van der Waals surface area (Å²) in [6, 6.07) is 10.7. The number of carbonyl (C=O) groups is 2. The lowest BCUT2D eigenvalue weighted by Crippen LogP contribution is -2.47. The molecule has 0 spiro atoms. The molecule has 2 amide bonds. The SMILES string of the molecule is CC(F)(F)[C@H]1OC[C@]2(c3cc(NC(=O)C(F)(F)F)ccc3F)N=C(NC(=O)c3ccccc3)SC[C@H]12. The van der Waals surface area contributed by atoms with Gasteiger partial charge in [-0.15, -0.1) is 0 Å². The summed E-state index contributed by atoms with van der Waals surface area (Å²) in [4.78, 5) is 28.4. The normalized spacial score (nSPS) is 24.0. The van der Waals surface area contributed by atoms with Crippen molar-refractivity contribution in [1.29, 1.82) is 0 Å². The minimum atomic E-state index is -5.20. The zero-order valence-electron chi connectivity index (χ0n) is 18.5. The van der Waals surface area contributed by atoms with Gasteiger partial charge in [-0.1, -0.05) is 30.0 Å². The first-order valence-corrected chi connectivity index (χ1v) is 11.6. The van der Waals surface area contributed by atoms with Crippen molar-refractivity contribution in [3.63, 3.8) is 0 Å². The van der Waals surface area contributed by atoms with E-state index < -0.39 is 59.6 Å². The number of alkyl halides is 5. The lowest BCUT2D eigenvalue weighted by molar-refractivity contribution is -0.167. The van der Waals surface area contributed by atoms with E-state index >= 15 is 4.39 Å². The average molecular weight is 531 g/mol. The number of hydrogen-bond acceptors (Lipinski definition) is 5. The summed E-state index contributed by atoms with van der Waals surface area (Å²) < 4.78 is 87.4. The minimum Gasteiger partial charge on any atom is -0.369 e. The van der Waals surface area contributed by atoms with Gasteiger partial charge < -0.3 is 15.4 Å². The first kappa shape index (κ1) is 26.0. The van der Waals surface area contributed by atoms with Gasteiger partial charge in [0.1, 0.15) is 17.5 Å². The maximum atomic E-state index is 15.1. The van der Waals surface area contributed by atoms with E-state index in [2.05, 4.69) is 10.3 Å². The fourth-order valence-corrected chi connectivity index (χ4v) is 5.39. The average Bonchev–Trinajstić information content (AvgIpc) is 3.20. The van der Waals surface area contributed by atoms with Crippen LogP contribution in [0.2, 0.25) is 0 Å². The van der Waals surface area contributed by atoms with E-state index in [0.717, 1.165) is 30.0 Å². The highest BCUT2D eigenvalue weighted by Crippen LogP contribution is 2.51. The van der Waals surface area contributed by atoms with E-state index in [0.29, 0.717) is 12.5 Å². The Kier molecular flexibility index (Phi) is 6.82. The Morgan fingerprint density at radius 2 is 1.78 bits per heavy atom. The first-order chi connectivity index (χ1) is 16.8. The molecule has 2 aromatic carbocycles. The number of carbonyl (C=O) groups excluding carboxylic acids is 2. The zero-order valence-corrected chi connectivity index (χ0v) is 19.4. The summed E-state index contributed by atoms with van der Waals surface area (Å²) in [5, 5.41) is 4.21. The lowest BCUT2D eigenvalue weighted by atomic mass is 9.77. The molecule has 0 aromatic heterocycles. The summed E-state index contributed by atoms with van der Waals surface area (Å²) >= 11 is 0.964. The number of nitrogens with one attached hydrogen (secondary N) is 2. The Labute approximate surface area is 205 Å². The number of anilines is 1. The Morgan fingerprint density at radius 3 is 2.42 bits per heavy atom. The number of nitrogens with zero attached hydrogens (tertiary/aromatic N) is 1. The van der Waals surface area contributed by atoms with Crippen LogP contribution in [0.25, 0.3) is 0 Å². The second-order valence-electron chi connectivity index (χ2n) is 8.41. The molecule has 1 saturated heterocycles. The van der Waals surface area contributed by atoms with Gasteiger partial charge >= 0.3 is 12.1 Å². The van der Waals surface area contributed by atoms with Crippen molar-refractivity contribution in [2.45, 2.75) is 30.7 Å². The number of amides is 2. The molecule has 0 saturated carbocycles. The number of fused-ring (bicyclic) bond motifs is 1. The van der Waals surface area contributed by atoms with E-state index in [1.54, 1.807) is 35.6 Å². The number of amidine groups is 1. The molecule has 0 unspecified atom stereocenters. The van der Waals surface area contributed by atoms with Crippen LogP contribution in [0.5, 0.6) is 0 Å². The van der Waals surface area contributed by atoms with Gasteiger partial charge in [0, 0.05) is 35.4 Å². The number of hydrogen-bond donors (Lipinski definition) is 2. The van der Waals surface area contributed by atoms with Gasteiger partial charge in [-0.25, -0.2) is 18.2 Å².